The van der Waals surface area contributed by atoms with E-state index in [4.69, 9.17) is 5.73 Å². The molecule has 2 aromatic carbocycles. The second-order valence-electron chi connectivity index (χ2n) is 10.2. The van der Waals surface area contributed by atoms with Crippen molar-refractivity contribution in [2.24, 2.45) is 5.92 Å². The molecule has 2 atom stereocenters. The van der Waals surface area contributed by atoms with E-state index in [0.717, 1.165) is 16.5 Å². The number of hydrogen-bond acceptors (Lipinski definition) is 6. The highest BCUT2D eigenvalue weighted by Crippen LogP contribution is 2.23. The molecule has 12 heteroatoms. The molecule has 0 aliphatic heterocycles. The summed E-state index contributed by atoms with van der Waals surface area (Å²) in [5.41, 5.74) is 7.84. The molecule has 40 heavy (non-hydrogen) atoms. The Hall–Kier alpha value is -3.61. The van der Waals surface area contributed by atoms with Crippen molar-refractivity contribution in [1.29, 1.82) is 0 Å². The minimum Gasteiger partial charge on any atom is -0.480 e. The molecule has 2 amide bonds. The lowest BCUT2D eigenvalue weighted by Gasteiger charge is -2.31. The smallest absolute Gasteiger partial charge is 0.326 e. The van der Waals surface area contributed by atoms with Crippen molar-refractivity contribution in [3.8, 4) is 0 Å². The monoisotopic (exact) mass is 573 g/mol. The minimum atomic E-state index is -3.86. The highest BCUT2D eigenvalue weighted by atomic mass is 32.2. The highest BCUT2D eigenvalue weighted by molar-refractivity contribution is 7.89. The van der Waals surface area contributed by atoms with E-state index in [1.54, 1.807) is 6.20 Å². The number of carbonyl (C=O) groups excluding carboxylic acids is 1. The van der Waals surface area contributed by atoms with E-state index in [2.05, 4.69) is 15.6 Å². The Morgan fingerprint density at radius 1 is 1.07 bits per heavy atom. The number of fused-ring (bicyclic) bond motifs is 1. The Kier molecular flexibility index (Phi) is 10.9. The van der Waals surface area contributed by atoms with Gasteiger partial charge < -0.3 is 31.6 Å². The van der Waals surface area contributed by atoms with E-state index < -0.39 is 34.1 Å². The molecule has 0 saturated heterocycles. The van der Waals surface area contributed by atoms with Crippen LogP contribution in [0.3, 0.4) is 0 Å². The molecule has 3 rings (SSSR count). The largest absolute Gasteiger partial charge is 0.480 e. The number of rotatable bonds is 15. The topological polar surface area (TPSA) is 178 Å². The zero-order valence-corrected chi connectivity index (χ0v) is 23.7. The van der Waals surface area contributed by atoms with Crippen LogP contribution in [0.2, 0.25) is 0 Å². The van der Waals surface area contributed by atoms with Gasteiger partial charge in [-0.25, -0.2) is 18.0 Å². The summed E-state index contributed by atoms with van der Waals surface area (Å²) >= 11 is 0. The Balaban J connectivity index is 1.52. The number of nitrogens with one attached hydrogen (secondary N) is 3. The quantitative estimate of drug-likeness (QED) is 0.120. The van der Waals surface area contributed by atoms with E-state index >= 15 is 0 Å². The van der Waals surface area contributed by atoms with Gasteiger partial charge in [-0.2, -0.15) is 4.31 Å². The molecule has 0 aliphatic carbocycles. The Labute approximate surface area is 234 Å². The summed E-state index contributed by atoms with van der Waals surface area (Å²) in [6.45, 7) is 3.98. The van der Waals surface area contributed by atoms with Crippen molar-refractivity contribution in [3.63, 3.8) is 0 Å². The maximum absolute atomic E-state index is 13.4. The lowest BCUT2D eigenvalue weighted by Crippen LogP contribution is -2.47. The fraction of sp³-hybridized carbons (Fsp3) is 0.429. The molecule has 3 aromatic rings. The Bertz CT molecular complexity index is 1370. The van der Waals surface area contributed by atoms with Crippen LogP contribution < -0.4 is 16.4 Å². The number of aliphatic hydroxyl groups excluding tert-OH is 1. The molecule has 0 unspecified atom stereocenters. The minimum absolute atomic E-state index is 0.0365. The summed E-state index contributed by atoms with van der Waals surface area (Å²) in [6.07, 6.45) is 3.31. The molecule has 218 valence electrons. The van der Waals surface area contributed by atoms with Crippen LogP contribution >= 0.6 is 0 Å². The van der Waals surface area contributed by atoms with Gasteiger partial charge in [0.2, 0.25) is 10.0 Å². The first-order valence-corrected chi connectivity index (χ1v) is 14.8. The molecular formula is C28H39N5O6S. The molecular weight excluding hydrogens is 534 g/mol. The number of benzene rings is 2. The van der Waals surface area contributed by atoms with Crippen molar-refractivity contribution in [3.05, 3.63) is 60.3 Å². The zero-order valence-electron chi connectivity index (χ0n) is 22.8. The summed E-state index contributed by atoms with van der Waals surface area (Å²) in [7, 11) is -3.86. The third kappa shape index (κ3) is 8.20. The Morgan fingerprint density at radius 3 is 2.42 bits per heavy atom. The number of aromatic nitrogens is 1. The second kappa shape index (κ2) is 14.1. The number of aliphatic carboxylic acids is 1. The molecule has 0 radical (unpaired) electrons. The predicted octanol–water partition coefficient (Wildman–Crippen LogP) is 2.92. The first kappa shape index (κ1) is 30.9. The molecule has 11 nitrogen and oxygen atoms in total. The number of anilines is 1. The lowest BCUT2D eigenvalue weighted by molar-refractivity contribution is -0.139. The number of sulfonamides is 1. The van der Waals surface area contributed by atoms with Crippen LogP contribution in [0.5, 0.6) is 0 Å². The van der Waals surface area contributed by atoms with Gasteiger partial charge in [-0.1, -0.05) is 38.5 Å². The van der Waals surface area contributed by atoms with Crippen LogP contribution in [0.1, 0.15) is 38.7 Å². The maximum Gasteiger partial charge on any atom is 0.326 e. The van der Waals surface area contributed by atoms with E-state index in [9.17, 15) is 28.2 Å². The van der Waals surface area contributed by atoms with Crippen LogP contribution in [0.4, 0.5) is 10.5 Å². The predicted molar refractivity (Wildman–Crippen MR) is 154 cm³/mol. The van der Waals surface area contributed by atoms with Gasteiger partial charge in [-0.3, -0.25) is 0 Å². The number of unbranched alkanes of at least 4 members (excludes halogenated alkanes) is 1. The fourth-order valence-corrected chi connectivity index (χ4v) is 6.35. The van der Waals surface area contributed by atoms with Crippen molar-refractivity contribution in [2.45, 2.75) is 56.5 Å². The van der Waals surface area contributed by atoms with E-state index in [0.29, 0.717) is 24.9 Å². The average molecular weight is 574 g/mol. The SMILES string of the molecule is CC(C)CN([C@H](CO)CCCCNC(=O)N[C@@H](Cc1c[nH]c2ccccc12)C(=O)O)S(=O)(=O)c1ccc(N)cc1. The number of hydrogen-bond donors (Lipinski definition) is 6. The second-order valence-corrected chi connectivity index (χ2v) is 12.1. The highest BCUT2D eigenvalue weighted by Gasteiger charge is 2.31. The molecule has 0 saturated carbocycles. The number of H-pyrrole nitrogens is 1. The van der Waals surface area contributed by atoms with Gasteiger partial charge in [-0.05, 0) is 54.7 Å². The van der Waals surface area contributed by atoms with Gasteiger partial charge in [0.25, 0.3) is 0 Å². The normalized spacial score (nSPS) is 13.4. The third-order valence-electron chi connectivity index (χ3n) is 6.60. The van der Waals surface area contributed by atoms with Gasteiger partial charge in [0, 0.05) is 48.3 Å². The number of urea groups is 1. The number of nitrogens with zero attached hydrogens (tertiary/aromatic N) is 1. The molecule has 1 aromatic heterocycles. The molecule has 0 fully saturated rings. The van der Waals surface area contributed by atoms with E-state index in [1.165, 1.54) is 28.6 Å². The summed E-state index contributed by atoms with van der Waals surface area (Å²) in [5.74, 6) is -1.10. The molecule has 0 aliphatic rings. The zero-order chi connectivity index (χ0) is 29.3. The number of nitrogens with two attached hydrogens (primary N) is 1. The Morgan fingerprint density at radius 2 is 1.77 bits per heavy atom. The van der Waals surface area contributed by atoms with Crippen molar-refractivity contribution in [2.75, 3.05) is 25.4 Å². The fourth-order valence-electron chi connectivity index (χ4n) is 4.54. The summed E-state index contributed by atoms with van der Waals surface area (Å²) in [5, 5.41) is 25.8. The van der Waals surface area contributed by atoms with Crippen molar-refractivity contribution in [1.82, 2.24) is 19.9 Å². The number of aliphatic hydroxyl groups is 1. The van der Waals surface area contributed by atoms with Crippen LogP contribution in [0.15, 0.2) is 59.6 Å². The maximum atomic E-state index is 13.4. The van der Waals surface area contributed by atoms with Gasteiger partial charge in [0.1, 0.15) is 6.04 Å². The van der Waals surface area contributed by atoms with Gasteiger partial charge in [0.05, 0.1) is 11.5 Å². The first-order valence-electron chi connectivity index (χ1n) is 13.3. The first-order chi connectivity index (χ1) is 19.0. The molecule has 7 N–H and O–H groups in total. The summed E-state index contributed by atoms with van der Waals surface area (Å²) in [6, 6.07) is 11.2. The molecule has 0 spiro atoms. The third-order valence-corrected chi connectivity index (χ3v) is 8.53. The van der Waals surface area contributed by atoms with Crippen LogP contribution in [-0.4, -0.2) is 71.7 Å². The van der Waals surface area contributed by atoms with E-state index in [-0.39, 0.29) is 36.9 Å². The van der Waals surface area contributed by atoms with Crippen LogP contribution in [0.25, 0.3) is 10.9 Å². The number of aromatic amines is 1. The summed E-state index contributed by atoms with van der Waals surface area (Å²) in [4.78, 5) is 27.4. The lowest BCUT2D eigenvalue weighted by atomic mass is 10.1. The number of carboxylic acids is 1. The number of para-hydroxylation sites is 1. The number of amides is 2. The standard InChI is InChI=1S/C28H39N5O6S/c1-19(2)17-33(40(38,39)23-12-10-21(29)11-13-23)22(18-34)7-5-6-14-30-28(37)32-26(27(35)36)15-20-16-31-25-9-4-3-8-24(20)25/h3-4,8-13,16,19,22,26,31,34H,5-7,14-15,17-18,29H2,1-2H3,(H,35,36)(H2,30,32,37)/t22-,26-/m0/s1. The average Bonchev–Trinajstić information content (AvgIpc) is 3.32. The number of carbonyl (C=O) groups is 2. The van der Waals surface area contributed by atoms with Crippen molar-refractivity contribution >= 4 is 38.6 Å². The van der Waals surface area contributed by atoms with Crippen LogP contribution in [0, 0.1) is 5.92 Å². The summed E-state index contributed by atoms with van der Waals surface area (Å²) < 4.78 is 28.1. The van der Waals surface area contributed by atoms with Crippen molar-refractivity contribution < 1.29 is 28.2 Å². The van der Waals surface area contributed by atoms with E-state index in [1.807, 2.05) is 38.1 Å². The number of nitrogen functional groups attached to an aromatic ring is 1. The van der Waals surface area contributed by atoms with Crippen LogP contribution in [-0.2, 0) is 21.2 Å². The van der Waals surface area contributed by atoms with Gasteiger partial charge >= 0.3 is 12.0 Å². The van der Waals surface area contributed by atoms with Gasteiger partial charge in [0.15, 0.2) is 0 Å². The molecule has 1 heterocycles. The van der Waals surface area contributed by atoms with Gasteiger partial charge in [-0.15, -0.1) is 0 Å². The number of carboxylic acid groups (broad SMARTS) is 1. The molecule has 0 bridgehead atoms.